The van der Waals surface area contributed by atoms with Gasteiger partial charge in [-0.1, -0.05) is 27.7 Å². The summed E-state index contributed by atoms with van der Waals surface area (Å²) in [5, 5.41) is 20.1. The highest BCUT2D eigenvalue weighted by molar-refractivity contribution is 7.32. The average molecular weight is 274 g/mol. The molecule has 102 valence electrons. The van der Waals surface area contributed by atoms with Crippen LogP contribution in [0, 0.1) is 0 Å². The summed E-state index contributed by atoms with van der Waals surface area (Å²) in [6.07, 6.45) is 0. The third kappa shape index (κ3) is 2.98. The SMILES string of the molecule is CC(C)c1c(O)cc(O[PH](=O)O)c(O)c1C(C)C. The van der Waals surface area contributed by atoms with Gasteiger partial charge in [-0.15, -0.1) is 0 Å². The van der Waals surface area contributed by atoms with Crippen LogP contribution in [0.5, 0.6) is 17.2 Å². The summed E-state index contributed by atoms with van der Waals surface area (Å²) >= 11 is 0. The zero-order chi connectivity index (χ0) is 14.0. The van der Waals surface area contributed by atoms with E-state index in [1.54, 1.807) is 0 Å². The monoisotopic (exact) mass is 274 g/mol. The number of phenolic OH excluding ortho intramolecular Hbond substituents is 2. The lowest BCUT2D eigenvalue weighted by Crippen LogP contribution is -2.01. The van der Waals surface area contributed by atoms with E-state index in [-0.39, 0.29) is 29.1 Å². The topological polar surface area (TPSA) is 87.0 Å². The quantitative estimate of drug-likeness (QED) is 0.580. The van der Waals surface area contributed by atoms with Crippen molar-refractivity contribution in [1.82, 2.24) is 0 Å². The molecule has 0 aliphatic rings. The summed E-state index contributed by atoms with van der Waals surface area (Å²) in [6, 6.07) is 1.18. The van der Waals surface area contributed by atoms with E-state index in [2.05, 4.69) is 4.52 Å². The van der Waals surface area contributed by atoms with Crippen molar-refractivity contribution in [2.24, 2.45) is 0 Å². The van der Waals surface area contributed by atoms with E-state index in [0.29, 0.717) is 11.1 Å². The van der Waals surface area contributed by atoms with Crippen LogP contribution in [0.3, 0.4) is 0 Å². The van der Waals surface area contributed by atoms with Crippen molar-refractivity contribution in [2.45, 2.75) is 39.5 Å². The summed E-state index contributed by atoms with van der Waals surface area (Å²) in [4.78, 5) is 8.76. The van der Waals surface area contributed by atoms with Crippen LogP contribution in [0.2, 0.25) is 0 Å². The number of rotatable bonds is 4. The average Bonchev–Trinajstić information content (AvgIpc) is 2.20. The zero-order valence-electron chi connectivity index (χ0n) is 10.9. The molecule has 0 saturated carbocycles. The van der Waals surface area contributed by atoms with Crippen molar-refractivity contribution in [2.75, 3.05) is 0 Å². The van der Waals surface area contributed by atoms with Gasteiger partial charge in [-0.2, -0.15) is 0 Å². The van der Waals surface area contributed by atoms with E-state index >= 15 is 0 Å². The Bertz CT molecular complexity index is 468. The molecule has 0 spiro atoms. The second-order valence-corrected chi connectivity index (χ2v) is 5.48. The first-order chi connectivity index (χ1) is 8.25. The van der Waals surface area contributed by atoms with Crippen LogP contribution in [0.15, 0.2) is 6.07 Å². The molecule has 18 heavy (non-hydrogen) atoms. The standard InChI is InChI=1S/C12H19O5P/c1-6(2)10-8(13)5-9(17-18(15)16)12(14)11(10)7(3)4/h5-7,13-14,18H,1-4H3,(H,15,16). The Kier molecular flexibility index (Phi) is 4.65. The van der Waals surface area contributed by atoms with Gasteiger partial charge in [0.1, 0.15) is 5.75 Å². The van der Waals surface area contributed by atoms with E-state index in [9.17, 15) is 14.8 Å². The normalized spacial score (nSPS) is 13.1. The molecule has 0 aliphatic carbocycles. The minimum Gasteiger partial charge on any atom is -0.508 e. The first-order valence-corrected chi connectivity index (χ1v) is 7.01. The van der Waals surface area contributed by atoms with Crippen LogP contribution in [0.25, 0.3) is 0 Å². The zero-order valence-corrected chi connectivity index (χ0v) is 11.9. The molecule has 0 radical (unpaired) electrons. The minimum atomic E-state index is -3.22. The molecule has 1 aromatic rings. The van der Waals surface area contributed by atoms with Gasteiger partial charge in [-0.05, 0) is 11.8 Å². The van der Waals surface area contributed by atoms with Crippen LogP contribution in [-0.4, -0.2) is 15.1 Å². The number of hydrogen-bond donors (Lipinski definition) is 3. The lowest BCUT2D eigenvalue weighted by Gasteiger charge is -2.20. The van der Waals surface area contributed by atoms with Gasteiger partial charge in [0.2, 0.25) is 0 Å². The molecule has 3 N–H and O–H groups in total. The Morgan fingerprint density at radius 2 is 1.61 bits per heavy atom. The first kappa shape index (κ1) is 14.9. The largest absolute Gasteiger partial charge is 0.508 e. The van der Waals surface area contributed by atoms with Gasteiger partial charge in [0, 0.05) is 17.2 Å². The fourth-order valence-corrected chi connectivity index (χ4v) is 2.38. The molecule has 0 aliphatic heterocycles. The first-order valence-electron chi connectivity index (χ1n) is 5.75. The highest BCUT2D eigenvalue weighted by Gasteiger charge is 2.23. The molecule has 0 amide bonds. The third-order valence-corrected chi connectivity index (χ3v) is 3.07. The van der Waals surface area contributed by atoms with Crippen LogP contribution in [-0.2, 0) is 4.57 Å². The van der Waals surface area contributed by atoms with Crippen LogP contribution < -0.4 is 4.52 Å². The Morgan fingerprint density at radius 1 is 1.11 bits per heavy atom. The fourth-order valence-electron chi connectivity index (χ4n) is 2.03. The van der Waals surface area contributed by atoms with E-state index in [0.717, 1.165) is 0 Å². The molecule has 6 heteroatoms. The van der Waals surface area contributed by atoms with Crippen molar-refractivity contribution < 1.29 is 24.2 Å². The molecule has 0 aromatic heterocycles. The molecular formula is C12H19O5P. The summed E-state index contributed by atoms with van der Waals surface area (Å²) < 4.78 is 15.3. The Morgan fingerprint density at radius 3 is 2.00 bits per heavy atom. The summed E-state index contributed by atoms with van der Waals surface area (Å²) in [7, 11) is -3.22. The predicted molar refractivity (Wildman–Crippen MR) is 69.8 cm³/mol. The molecule has 1 unspecified atom stereocenters. The number of benzene rings is 1. The van der Waals surface area contributed by atoms with E-state index in [1.165, 1.54) is 6.07 Å². The van der Waals surface area contributed by atoms with Crippen molar-refractivity contribution in [1.29, 1.82) is 0 Å². The van der Waals surface area contributed by atoms with E-state index in [4.69, 9.17) is 4.89 Å². The molecule has 5 nitrogen and oxygen atoms in total. The van der Waals surface area contributed by atoms with E-state index < -0.39 is 8.25 Å². The van der Waals surface area contributed by atoms with Crippen LogP contribution >= 0.6 is 8.25 Å². The summed E-state index contributed by atoms with van der Waals surface area (Å²) in [6.45, 7) is 7.53. The van der Waals surface area contributed by atoms with Crippen molar-refractivity contribution in [3.63, 3.8) is 0 Å². The van der Waals surface area contributed by atoms with Gasteiger partial charge < -0.3 is 19.6 Å². The van der Waals surface area contributed by atoms with Crippen molar-refractivity contribution >= 4 is 8.25 Å². The maximum atomic E-state index is 10.7. The van der Waals surface area contributed by atoms with Gasteiger partial charge in [0.05, 0.1) is 0 Å². The van der Waals surface area contributed by atoms with Crippen molar-refractivity contribution in [3.05, 3.63) is 17.2 Å². The number of phenols is 2. The van der Waals surface area contributed by atoms with Crippen LogP contribution in [0.1, 0.15) is 50.7 Å². The predicted octanol–water partition coefficient (Wildman–Crippen LogP) is 3.11. The smallest absolute Gasteiger partial charge is 0.365 e. The molecule has 1 rings (SSSR count). The molecule has 0 fully saturated rings. The fraction of sp³-hybridized carbons (Fsp3) is 0.500. The Labute approximate surface area is 107 Å². The summed E-state index contributed by atoms with van der Waals surface area (Å²) in [5.74, 6) is -0.401. The molecule has 1 aromatic carbocycles. The van der Waals surface area contributed by atoms with Gasteiger partial charge in [0.25, 0.3) is 0 Å². The highest BCUT2D eigenvalue weighted by atomic mass is 31.1. The molecule has 0 bridgehead atoms. The summed E-state index contributed by atoms with van der Waals surface area (Å²) in [5.41, 5.74) is 1.18. The molecule has 0 saturated heterocycles. The number of aromatic hydroxyl groups is 2. The van der Waals surface area contributed by atoms with Gasteiger partial charge in [-0.25, -0.2) is 4.57 Å². The number of hydrogen-bond acceptors (Lipinski definition) is 4. The minimum absolute atomic E-state index is 0.0218. The third-order valence-electron chi connectivity index (χ3n) is 2.67. The lowest BCUT2D eigenvalue weighted by molar-refractivity contribution is 0.380. The molecule has 0 heterocycles. The second kappa shape index (κ2) is 5.63. The molecule has 1 atom stereocenters. The highest BCUT2D eigenvalue weighted by Crippen LogP contribution is 2.46. The molecular weight excluding hydrogens is 255 g/mol. The second-order valence-electron chi connectivity index (χ2n) is 4.75. The van der Waals surface area contributed by atoms with E-state index in [1.807, 2.05) is 27.7 Å². The Hall–Kier alpha value is -1.19. The Balaban J connectivity index is 3.50. The van der Waals surface area contributed by atoms with Crippen molar-refractivity contribution in [3.8, 4) is 17.2 Å². The van der Waals surface area contributed by atoms with Gasteiger partial charge in [-0.3, -0.25) is 0 Å². The lowest BCUT2D eigenvalue weighted by atomic mass is 9.88. The maximum Gasteiger partial charge on any atom is 0.365 e. The van der Waals surface area contributed by atoms with Gasteiger partial charge >= 0.3 is 8.25 Å². The van der Waals surface area contributed by atoms with Gasteiger partial charge in [0.15, 0.2) is 11.5 Å². The van der Waals surface area contributed by atoms with Crippen LogP contribution in [0.4, 0.5) is 0 Å². The maximum absolute atomic E-state index is 10.7.